The molecule has 0 amide bonds. The maximum absolute atomic E-state index is 14.1. The fourth-order valence-electron chi connectivity index (χ4n) is 4.42. The first-order chi connectivity index (χ1) is 19.7. The number of nitrogens with zero attached hydrogens (tertiary/aromatic N) is 5. The molecule has 1 aromatic carbocycles. The van der Waals surface area contributed by atoms with E-state index >= 15 is 0 Å². The van der Waals surface area contributed by atoms with Gasteiger partial charge in [-0.1, -0.05) is 26.8 Å². The normalized spacial score (nSPS) is 17.6. The molecule has 0 bridgehead atoms. The largest absolute Gasteiger partial charge is 0.494 e. The monoisotopic (exact) mass is 618 g/mol. The molecule has 1 aliphatic rings. The predicted octanol–water partition coefficient (Wildman–Crippen LogP) is 4.78. The summed E-state index contributed by atoms with van der Waals surface area (Å²) in [5.74, 6) is 1.68. The van der Waals surface area contributed by atoms with Crippen LogP contribution < -0.4 is 14.2 Å². The molecule has 1 aliphatic heterocycles. The van der Waals surface area contributed by atoms with Gasteiger partial charge in [-0.05, 0) is 56.1 Å². The first-order valence-corrected chi connectivity index (χ1v) is 18.4. The smallest absolute Gasteiger partial charge is 0.243 e. The molecule has 1 N–H and O–H groups in total. The molecule has 0 radical (unpaired) electrons. The van der Waals surface area contributed by atoms with E-state index in [-0.39, 0.29) is 16.9 Å². The van der Waals surface area contributed by atoms with Crippen LogP contribution in [0, 0.1) is 6.92 Å². The second kappa shape index (κ2) is 12.3. The zero-order chi connectivity index (χ0) is 30.9. The first kappa shape index (κ1) is 31.9. The molecule has 0 saturated carbocycles. The Morgan fingerprint density at radius 3 is 2.24 bits per heavy atom. The standard InChI is InChI=1S/C28H42N6O6SSi/c1-18-15-29-25(30-16-18)24(40-42(8,9)28(3,4)5)19(2)41(35,36)33-27-32-31-26(20-13-14-39-17-20)34(27)23-21(37-6)11-10-12-22(23)38-7/h10-12,15-16,19-20,24H,13-14,17H2,1-9H3,(H,32,33)/t19-,20+,24-/m0/s1. The lowest BCUT2D eigenvalue weighted by Crippen LogP contribution is -2.45. The number of benzene rings is 1. The quantitative estimate of drug-likeness (QED) is 0.299. The number of rotatable bonds is 11. The minimum absolute atomic E-state index is 0.00227. The SMILES string of the molecule is COc1cccc(OC)c1-n1c(NS(=O)(=O)[C@@H](C)[C@H](O[Si](C)(C)C(C)(C)C)c2ncc(C)cn2)nnc1[C@@H]1CCOC1. The highest BCUT2D eigenvalue weighted by Crippen LogP contribution is 2.42. The number of ether oxygens (including phenoxy) is 3. The number of nitrogens with one attached hydrogen (secondary N) is 1. The van der Waals surface area contributed by atoms with Gasteiger partial charge < -0.3 is 18.6 Å². The Morgan fingerprint density at radius 1 is 1.10 bits per heavy atom. The van der Waals surface area contributed by atoms with E-state index in [4.69, 9.17) is 18.6 Å². The topological polar surface area (TPSA) is 140 Å². The Bertz CT molecular complexity index is 1460. The molecular weight excluding hydrogens is 576 g/mol. The first-order valence-electron chi connectivity index (χ1n) is 13.9. The molecule has 3 atom stereocenters. The van der Waals surface area contributed by atoms with Crippen molar-refractivity contribution < 1.29 is 27.1 Å². The van der Waals surface area contributed by atoms with E-state index in [9.17, 15) is 8.42 Å². The number of hydrogen-bond acceptors (Lipinski definition) is 10. The third-order valence-corrected chi connectivity index (χ3v) is 14.2. The Morgan fingerprint density at radius 2 is 1.71 bits per heavy atom. The highest BCUT2D eigenvalue weighted by Gasteiger charge is 2.44. The van der Waals surface area contributed by atoms with Crippen LogP contribution in [0.25, 0.3) is 5.69 Å². The fourth-order valence-corrected chi connectivity index (χ4v) is 6.89. The van der Waals surface area contributed by atoms with Crippen LogP contribution in [0.5, 0.6) is 11.5 Å². The summed E-state index contributed by atoms with van der Waals surface area (Å²) in [6.07, 6.45) is 3.12. The number of hydrogen-bond donors (Lipinski definition) is 1. The third kappa shape index (κ3) is 6.46. The van der Waals surface area contributed by atoms with Gasteiger partial charge in [0.15, 0.2) is 14.1 Å². The van der Waals surface area contributed by atoms with Crippen LogP contribution in [0.15, 0.2) is 30.6 Å². The van der Waals surface area contributed by atoms with Gasteiger partial charge in [-0.3, -0.25) is 9.29 Å². The van der Waals surface area contributed by atoms with E-state index in [2.05, 4.69) is 58.8 Å². The lowest BCUT2D eigenvalue weighted by Gasteiger charge is -2.40. The van der Waals surface area contributed by atoms with Crippen molar-refractivity contribution in [1.82, 2.24) is 24.7 Å². The average molecular weight is 619 g/mol. The Balaban J connectivity index is 1.80. The van der Waals surface area contributed by atoms with Gasteiger partial charge in [-0.25, -0.2) is 18.4 Å². The summed E-state index contributed by atoms with van der Waals surface area (Å²) >= 11 is 0. The van der Waals surface area contributed by atoms with Gasteiger partial charge in [0.1, 0.15) is 34.4 Å². The molecule has 0 spiro atoms. The van der Waals surface area contributed by atoms with Crippen molar-refractivity contribution in [2.75, 3.05) is 32.2 Å². The van der Waals surface area contributed by atoms with Crippen molar-refractivity contribution >= 4 is 24.3 Å². The summed E-state index contributed by atoms with van der Waals surface area (Å²) in [6, 6.07) is 5.33. The minimum atomic E-state index is -4.14. The van der Waals surface area contributed by atoms with E-state index < -0.39 is 29.7 Å². The average Bonchev–Trinajstić information content (AvgIpc) is 3.60. The van der Waals surface area contributed by atoms with Crippen molar-refractivity contribution in [2.24, 2.45) is 0 Å². The maximum atomic E-state index is 14.1. The Labute approximate surface area is 249 Å². The van der Waals surface area contributed by atoms with Crippen molar-refractivity contribution in [2.45, 2.75) is 76.4 Å². The van der Waals surface area contributed by atoms with Crippen LogP contribution in [-0.2, 0) is 19.2 Å². The van der Waals surface area contributed by atoms with Crippen LogP contribution in [0.3, 0.4) is 0 Å². The van der Waals surface area contributed by atoms with Crippen molar-refractivity contribution in [3.8, 4) is 17.2 Å². The van der Waals surface area contributed by atoms with Gasteiger partial charge in [-0.2, -0.15) is 0 Å². The van der Waals surface area contributed by atoms with Gasteiger partial charge >= 0.3 is 0 Å². The van der Waals surface area contributed by atoms with Crippen molar-refractivity contribution in [3.63, 3.8) is 0 Å². The molecule has 2 aromatic heterocycles. The lowest BCUT2D eigenvalue weighted by molar-refractivity contribution is 0.172. The number of sulfonamides is 1. The molecule has 1 fully saturated rings. The highest BCUT2D eigenvalue weighted by atomic mass is 32.2. The summed E-state index contributed by atoms with van der Waals surface area (Å²) in [6.45, 7) is 14.9. The molecule has 1 saturated heterocycles. The molecule has 14 heteroatoms. The molecule has 3 aromatic rings. The summed E-state index contributed by atoms with van der Waals surface area (Å²) in [7, 11) is -3.51. The van der Waals surface area contributed by atoms with E-state index in [0.29, 0.717) is 48.5 Å². The second-order valence-electron chi connectivity index (χ2n) is 12.1. The van der Waals surface area contributed by atoms with Gasteiger partial charge in [0.25, 0.3) is 0 Å². The molecule has 12 nitrogen and oxygen atoms in total. The van der Waals surface area contributed by atoms with Gasteiger partial charge in [-0.15, -0.1) is 10.2 Å². The Kier molecular flexibility index (Phi) is 9.30. The molecule has 0 unspecified atom stereocenters. The van der Waals surface area contributed by atoms with E-state index in [1.807, 2.05) is 6.92 Å². The van der Waals surface area contributed by atoms with Crippen LogP contribution in [-0.4, -0.2) is 74.2 Å². The second-order valence-corrected chi connectivity index (χ2v) is 18.9. The molecular formula is C28H42N6O6SSi. The van der Waals surface area contributed by atoms with Crippen molar-refractivity contribution in [3.05, 3.63) is 47.8 Å². The molecule has 3 heterocycles. The van der Waals surface area contributed by atoms with Crippen LogP contribution in [0.2, 0.25) is 18.1 Å². The Hall–Kier alpha value is -3.07. The summed E-state index contributed by atoms with van der Waals surface area (Å²) in [5.41, 5.74) is 1.34. The van der Waals surface area contributed by atoms with E-state index in [1.165, 1.54) is 14.2 Å². The summed E-state index contributed by atoms with van der Waals surface area (Å²) < 4.78 is 56.3. The minimum Gasteiger partial charge on any atom is -0.494 e. The van der Waals surface area contributed by atoms with Gasteiger partial charge in [0.2, 0.25) is 16.0 Å². The molecule has 4 rings (SSSR count). The maximum Gasteiger partial charge on any atom is 0.243 e. The van der Waals surface area contributed by atoms with Crippen LogP contribution in [0.1, 0.15) is 63.3 Å². The van der Waals surface area contributed by atoms with E-state index in [0.717, 1.165) is 5.56 Å². The number of methoxy groups -OCH3 is 2. The predicted molar refractivity (Wildman–Crippen MR) is 162 cm³/mol. The summed E-state index contributed by atoms with van der Waals surface area (Å²) in [4.78, 5) is 8.93. The molecule has 0 aliphatic carbocycles. The number of para-hydroxylation sites is 1. The number of anilines is 1. The zero-order valence-electron chi connectivity index (χ0n) is 25.8. The lowest BCUT2D eigenvalue weighted by atomic mass is 10.1. The van der Waals surface area contributed by atoms with Crippen molar-refractivity contribution in [1.29, 1.82) is 0 Å². The highest BCUT2D eigenvalue weighted by molar-refractivity contribution is 7.93. The number of aryl methyl sites for hydroxylation is 1. The van der Waals surface area contributed by atoms with Crippen LogP contribution >= 0.6 is 0 Å². The van der Waals surface area contributed by atoms with Gasteiger partial charge in [0, 0.05) is 24.9 Å². The van der Waals surface area contributed by atoms with Gasteiger partial charge in [0.05, 0.1) is 20.8 Å². The van der Waals surface area contributed by atoms with Crippen LogP contribution in [0.4, 0.5) is 5.95 Å². The zero-order valence-corrected chi connectivity index (χ0v) is 27.7. The molecule has 230 valence electrons. The fraction of sp³-hybridized carbons (Fsp3) is 0.571. The summed E-state index contributed by atoms with van der Waals surface area (Å²) in [5, 5.41) is 7.46. The molecule has 42 heavy (non-hydrogen) atoms. The third-order valence-electron chi connectivity index (χ3n) is 8.04. The van der Waals surface area contributed by atoms with E-state index in [1.54, 1.807) is 42.1 Å². The number of aromatic nitrogens is 5.